The number of aryl methyl sites for hydroxylation is 2. The number of hydrogen-bond acceptors (Lipinski definition) is 3. The Hall–Kier alpha value is -1.59. The number of halogens is 2. The van der Waals surface area contributed by atoms with E-state index >= 15 is 0 Å². The Morgan fingerprint density at radius 2 is 2.14 bits per heavy atom. The Morgan fingerprint density at radius 1 is 1.33 bits per heavy atom. The Labute approximate surface area is 136 Å². The first-order chi connectivity index (χ1) is 10.0. The molecule has 1 aromatic carbocycles. The summed E-state index contributed by atoms with van der Waals surface area (Å²) in [4.78, 5) is 4.45. The molecule has 21 heavy (non-hydrogen) atoms. The number of fused-ring (bicyclic) bond motifs is 1. The van der Waals surface area contributed by atoms with Crippen LogP contribution in [0, 0.1) is 6.92 Å². The summed E-state index contributed by atoms with van der Waals surface area (Å²) in [5.74, 6) is 0. The van der Waals surface area contributed by atoms with Crippen molar-refractivity contribution in [1.82, 2.24) is 14.8 Å². The van der Waals surface area contributed by atoms with Crippen molar-refractivity contribution in [3.63, 3.8) is 0 Å². The van der Waals surface area contributed by atoms with E-state index in [4.69, 9.17) is 11.6 Å². The highest BCUT2D eigenvalue weighted by molar-refractivity contribution is 9.10. The number of nitrogens with one attached hydrogen (secondary N) is 1. The molecule has 0 atom stereocenters. The highest BCUT2D eigenvalue weighted by atomic mass is 79.9. The SMILES string of the molecule is Cc1nn(C)c2ncc(NCc3ccc(Br)cc3Cl)cc12. The number of hydrogen-bond donors (Lipinski definition) is 1. The lowest BCUT2D eigenvalue weighted by atomic mass is 10.2. The smallest absolute Gasteiger partial charge is 0.157 e. The molecule has 0 fully saturated rings. The van der Waals surface area contributed by atoms with E-state index < -0.39 is 0 Å². The van der Waals surface area contributed by atoms with Gasteiger partial charge in [-0.05, 0) is 30.7 Å². The number of rotatable bonds is 3. The van der Waals surface area contributed by atoms with E-state index in [0.717, 1.165) is 37.5 Å². The predicted molar refractivity (Wildman–Crippen MR) is 89.7 cm³/mol. The molecule has 0 bridgehead atoms. The Kier molecular flexibility index (Phi) is 3.87. The second kappa shape index (κ2) is 5.66. The third-order valence-electron chi connectivity index (χ3n) is 3.36. The summed E-state index contributed by atoms with van der Waals surface area (Å²) < 4.78 is 2.77. The monoisotopic (exact) mass is 364 g/mol. The van der Waals surface area contributed by atoms with Crippen molar-refractivity contribution in [2.75, 3.05) is 5.32 Å². The minimum Gasteiger partial charge on any atom is -0.380 e. The molecule has 0 aliphatic carbocycles. The van der Waals surface area contributed by atoms with Crippen molar-refractivity contribution in [1.29, 1.82) is 0 Å². The van der Waals surface area contributed by atoms with Crippen LogP contribution in [-0.2, 0) is 13.6 Å². The molecule has 0 aliphatic rings. The number of nitrogens with zero attached hydrogens (tertiary/aromatic N) is 3. The molecular weight excluding hydrogens is 352 g/mol. The third-order valence-corrected chi connectivity index (χ3v) is 4.21. The van der Waals surface area contributed by atoms with Gasteiger partial charge in [-0.25, -0.2) is 4.98 Å². The number of pyridine rings is 1. The van der Waals surface area contributed by atoms with E-state index in [0.29, 0.717) is 6.54 Å². The first-order valence-electron chi connectivity index (χ1n) is 6.52. The van der Waals surface area contributed by atoms with Crippen molar-refractivity contribution in [2.45, 2.75) is 13.5 Å². The molecule has 2 heterocycles. The van der Waals surface area contributed by atoms with Gasteiger partial charge in [0.1, 0.15) is 0 Å². The molecule has 0 aliphatic heterocycles. The zero-order valence-electron chi connectivity index (χ0n) is 11.7. The van der Waals surface area contributed by atoms with Crippen molar-refractivity contribution < 1.29 is 0 Å². The Morgan fingerprint density at radius 3 is 2.90 bits per heavy atom. The van der Waals surface area contributed by atoms with Gasteiger partial charge >= 0.3 is 0 Å². The van der Waals surface area contributed by atoms with Crippen LogP contribution in [0.2, 0.25) is 5.02 Å². The summed E-state index contributed by atoms with van der Waals surface area (Å²) >= 11 is 9.63. The lowest BCUT2D eigenvalue weighted by Crippen LogP contribution is -2.01. The van der Waals surface area contributed by atoms with Crippen molar-refractivity contribution >= 4 is 44.3 Å². The molecule has 0 radical (unpaired) electrons. The van der Waals surface area contributed by atoms with Gasteiger partial charge in [-0.2, -0.15) is 5.10 Å². The number of anilines is 1. The normalized spacial score (nSPS) is 11.0. The largest absolute Gasteiger partial charge is 0.380 e. The van der Waals surface area contributed by atoms with Crippen LogP contribution in [0.15, 0.2) is 34.9 Å². The van der Waals surface area contributed by atoms with E-state index in [2.05, 4.69) is 37.4 Å². The average Bonchev–Trinajstić information content (AvgIpc) is 2.73. The molecule has 3 aromatic rings. The lowest BCUT2D eigenvalue weighted by molar-refractivity contribution is 0.774. The van der Waals surface area contributed by atoms with Gasteiger partial charge in [-0.15, -0.1) is 0 Å². The topological polar surface area (TPSA) is 42.7 Å². The fraction of sp³-hybridized carbons (Fsp3) is 0.200. The maximum Gasteiger partial charge on any atom is 0.157 e. The zero-order chi connectivity index (χ0) is 15.0. The predicted octanol–water partition coefficient (Wildman–Crippen LogP) is 4.30. The summed E-state index contributed by atoms with van der Waals surface area (Å²) in [5.41, 5.74) is 3.87. The number of aromatic nitrogens is 3. The van der Waals surface area contributed by atoms with Crippen LogP contribution < -0.4 is 5.32 Å². The van der Waals surface area contributed by atoms with Crippen molar-refractivity contribution in [2.24, 2.45) is 7.05 Å². The van der Waals surface area contributed by atoms with Crippen LogP contribution in [0.3, 0.4) is 0 Å². The maximum atomic E-state index is 6.22. The van der Waals surface area contributed by atoms with Crippen molar-refractivity contribution in [3.8, 4) is 0 Å². The van der Waals surface area contributed by atoms with E-state index in [1.165, 1.54) is 0 Å². The molecule has 108 valence electrons. The van der Waals surface area contributed by atoms with E-state index in [-0.39, 0.29) is 0 Å². The van der Waals surface area contributed by atoms with Gasteiger partial charge in [-0.1, -0.05) is 33.6 Å². The first kappa shape index (κ1) is 14.4. The second-order valence-corrected chi connectivity index (χ2v) is 6.22. The molecular formula is C15H14BrClN4. The average molecular weight is 366 g/mol. The summed E-state index contributed by atoms with van der Waals surface area (Å²) in [7, 11) is 1.90. The Balaban J connectivity index is 1.83. The maximum absolute atomic E-state index is 6.22. The highest BCUT2D eigenvalue weighted by Crippen LogP contribution is 2.23. The molecule has 0 unspecified atom stereocenters. The van der Waals surface area contributed by atoms with Gasteiger partial charge < -0.3 is 5.32 Å². The first-order valence-corrected chi connectivity index (χ1v) is 7.69. The van der Waals surface area contributed by atoms with Gasteiger partial charge in [0.05, 0.1) is 17.6 Å². The van der Waals surface area contributed by atoms with Crippen LogP contribution in [0.25, 0.3) is 11.0 Å². The van der Waals surface area contributed by atoms with Gasteiger partial charge in [0.2, 0.25) is 0 Å². The summed E-state index contributed by atoms with van der Waals surface area (Å²) in [6.45, 7) is 2.64. The highest BCUT2D eigenvalue weighted by Gasteiger charge is 2.07. The van der Waals surface area contributed by atoms with Crippen molar-refractivity contribution in [3.05, 3.63) is 51.2 Å². The summed E-state index contributed by atoms with van der Waals surface area (Å²) in [5, 5.41) is 9.52. The fourth-order valence-electron chi connectivity index (χ4n) is 2.27. The quantitative estimate of drug-likeness (QED) is 0.752. The molecule has 3 rings (SSSR count). The molecule has 6 heteroatoms. The number of benzene rings is 1. The van der Waals surface area contributed by atoms with E-state index in [1.807, 2.05) is 38.4 Å². The fourth-order valence-corrected chi connectivity index (χ4v) is 3.01. The lowest BCUT2D eigenvalue weighted by Gasteiger charge is -2.08. The van der Waals surface area contributed by atoms with Gasteiger partial charge in [-0.3, -0.25) is 4.68 Å². The van der Waals surface area contributed by atoms with E-state index in [9.17, 15) is 0 Å². The molecule has 1 N–H and O–H groups in total. The molecule has 2 aromatic heterocycles. The molecule has 4 nitrogen and oxygen atoms in total. The Bertz CT molecular complexity index is 813. The van der Waals surface area contributed by atoms with Crippen LogP contribution in [0.1, 0.15) is 11.3 Å². The zero-order valence-corrected chi connectivity index (χ0v) is 14.0. The van der Waals surface area contributed by atoms with Crippen LogP contribution in [-0.4, -0.2) is 14.8 Å². The van der Waals surface area contributed by atoms with Crippen LogP contribution >= 0.6 is 27.5 Å². The molecule has 0 saturated heterocycles. The van der Waals surface area contributed by atoms with Crippen LogP contribution in [0.4, 0.5) is 5.69 Å². The third kappa shape index (κ3) is 2.89. The van der Waals surface area contributed by atoms with Gasteiger partial charge in [0.25, 0.3) is 0 Å². The molecule has 0 amide bonds. The van der Waals surface area contributed by atoms with Gasteiger partial charge in [0, 0.05) is 28.5 Å². The second-order valence-electron chi connectivity index (χ2n) is 4.89. The minimum atomic E-state index is 0.651. The summed E-state index contributed by atoms with van der Waals surface area (Å²) in [6, 6.07) is 7.94. The standard InChI is InChI=1S/C15H14BrClN4/c1-9-13-6-12(8-19-15(13)21(2)20-9)18-7-10-3-4-11(16)5-14(10)17/h3-6,8,18H,7H2,1-2H3. The molecule has 0 spiro atoms. The molecule has 0 saturated carbocycles. The van der Waals surface area contributed by atoms with Crippen LogP contribution in [0.5, 0.6) is 0 Å². The van der Waals surface area contributed by atoms with E-state index in [1.54, 1.807) is 4.68 Å². The minimum absolute atomic E-state index is 0.651. The van der Waals surface area contributed by atoms with Gasteiger partial charge in [0.15, 0.2) is 5.65 Å². The summed E-state index contributed by atoms with van der Waals surface area (Å²) in [6.07, 6.45) is 1.82.